The lowest BCUT2D eigenvalue weighted by atomic mass is 10.1. The molecule has 0 aliphatic rings. The van der Waals surface area contributed by atoms with Crippen LogP contribution in [0.4, 0.5) is 4.39 Å². The Morgan fingerprint density at radius 1 is 1.10 bits per heavy atom. The molecule has 0 heterocycles. The summed E-state index contributed by atoms with van der Waals surface area (Å²) < 4.78 is 12.7. The fraction of sp³-hybridized carbons (Fsp3) is 0.562. The maximum atomic E-state index is 12.7. The van der Waals surface area contributed by atoms with Gasteiger partial charge in [0.25, 0.3) is 0 Å². The van der Waals surface area contributed by atoms with Crippen LogP contribution in [0.2, 0.25) is 0 Å². The van der Waals surface area contributed by atoms with E-state index in [0.717, 1.165) is 25.1 Å². The number of hydrogen-bond acceptors (Lipinski definition) is 2. The molecule has 0 fully saturated rings. The minimum absolute atomic E-state index is 0.0649. The highest BCUT2D eigenvalue weighted by atomic mass is 19.1. The van der Waals surface area contributed by atoms with Crippen LogP contribution in [0.15, 0.2) is 24.3 Å². The molecule has 1 rings (SSSR count). The van der Waals surface area contributed by atoms with Crippen LogP contribution in [-0.2, 0) is 11.2 Å². The standard InChI is InChI=1S/C16H25FN2O/c1-2-3-4-11-18-12-10-16(20)19-13-9-14-5-7-15(17)8-6-14/h5-8,18H,2-4,9-13H2,1H3,(H,19,20). The summed E-state index contributed by atoms with van der Waals surface area (Å²) in [6.07, 6.45) is 4.86. The molecular formula is C16H25FN2O. The van der Waals surface area contributed by atoms with E-state index in [4.69, 9.17) is 0 Å². The van der Waals surface area contributed by atoms with Crippen molar-refractivity contribution in [3.8, 4) is 0 Å². The summed E-state index contributed by atoms with van der Waals surface area (Å²) >= 11 is 0. The average molecular weight is 280 g/mol. The predicted molar refractivity (Wildman–Crippen MR) is 80.1 cm³/mol. The molecule has 3 nitrogen and oxygen atoms in total. The summed E-state index contributed by atoms with van der Waals surface area (Å²) in [5.74, 6) is -0.165. The van der Waals surface area contributed by atoms with Crippen LogP contribution in [-0.4, -0.2) is 25.5 Å². The smallest absolute Gasteiger partial charge is 0.221 e. The highest BCUT2D eigenvalue weighted by Crippen LogP contribution is 2.02. The lowest BCUT2D eigenvalue weighted by Gasteiger charge is -2.06. The zero-order chi connectivity index (χ0) is 14.6. The molecule has 0 aliphatic carbocycles. The highest BCUT2D eigenvalue weighted by molar-refractivity contribution is 5.76. The second-order valence-corrected chi connectivity index (χ2v) is 4.93. The quantitative estimate of drug-likeness (QED) is 0.647. The second kappa shape index (κ2) is 10.4. The van der Waals surface area contributed by atoms with Gasteiger partial charge in [0.05, 0.1) is 0 Å². The van der Waals surface area contributed by atoms with Gasteiger partial charge in [-0.05, 0) is 37.1 Å². The number of unbranched alkanes of at least 4 members (excludes halogenated alkanes) is 2. The lowest BCUT2D eigenvalue weighted by molar-refractivity contribution is -0.120. The van der Waals surface area contributed by atoms with Gasteiger partial charge in [-0.3, -0.25) is 4.79 Å². The van der Waals surface area contributed by atoms with Crippen LogP contribution >= 0.6 is 0 Å². The van der Waals surface area contributed by atoms with Crippen molar-refractivity contribution in [1.29, 1.82) is 0 Å². The van der Waals surface area contributed by atoms with Crippen molar-refractivity contribution in [2.75, 3.05) is 19.6 Å². The first-order chi connectivity index (χ1) is 9.72. The zero-order valence-electron chi connectivity index (χ0n) is 12.3. The number of hydrogen-bond donors (Lipinski definition) is 2. The van der Waals surface area contributed by atoms with Crippen LogP contribution in [0, 0.1) is 5.82 Å². The Bertz CT molecular complexity index is 379. The average Bonchev–Trinajstić information content (AvgIpc) is 2.45. The van der Waals surface area contributed by atoms with E-state index in [1.54, 1.807) is 12.1 Å². The van der Waals surface area contributed by atoms with Crippen molar-refractivity contribution in [3.63, 3.8) is 0 Å². The minimum Gasteiger partial charge on any atom is -0.356 e. The normalized spacial score (nSPS) is 10.5. The van der Waals surface area contributed by atoms with Gasteiger partial charge in [-0.25, -0.2) is 4.39 Å². The largest absolute Gasteiger partial charge is 0.356 e. The van der Waals surface area contributed by atoms with E-state index in [9.17, 15) is 9.18 Å². The van der Waals surface area contributed by atoms with E-state index in [2.05, 4.69) is 17.6 Å². The van der Waals surface area contributed by atoms with Gasteiger partial charge in [0.15, 0.2) is 0 Å². The number of benzene rings is 1. The molecule has 0 saturated carbocycles. The van der Waals surface area contributed by atoms with E-state index in [0.29, 0.717) is 13.0 Å². The van der Waals surface area contributed by atoms with Gasteiger partial charge >= 0.3 is 0 Å². The third-order valence-corrected chi connectivity index (χ3v) is 3.14. The Balaban J connectivity index is 2.01. The molecular weight excluding hydrogens is 255 g/mol. The molecule has 0 aromatic heterocycles. The van der Waals surface area contributed by atoms with E-state index in [1.807, 2.05) is 0 Å². The summed E-state index contributed by atoms with van der Waals surface area (Å²) in [5.41, 5.74) is 1.03. The van der Waals surface area contributed by atoms with Gasteiger partial charge in [0.1, 0.15) is 5.82 Å². The Hall–Kier alpha value is -1.42. The van der Waals surface area contributed by atoms with Gasteiger partial charge in [0.2, 0.25) is 5.91 Å². The van der Waals surface area contributed by atoms with E-state index < -0.39 is 0 Å². The summed E-state index contributed by atoms with van der Waals surface area (Å²) in [6.45, 7) is 4.48. The molecule has 0 aliphatic heterocycles. The van der Waals surface area contributed by atoms with E-state index in [-0.39, 0.29) is 11.7 Å². The first kappa shape index (κ1) is 16.6. The van der Waals surface area contributed by atoms with Crippen LogP contribution in [0.5, 0.6) is 0 Å². The first-order valence-corrected chi connectivity index (χ1v) is 7.44. The predicted octanol–water partition coefficient (Wildman–Crippen LogP) is 2.65. The molecule has 1 aromatic rings. The van der Waals surface area contributed by atoms with Crippen molar-refractivity contribution < 1.29 is 9.18 Å². The van der Waals surface area contributed by atoms with Crippen LogP contribution in [0.25, 0.3) is 0 Å². The van der Waals surface area contributed by atoms with Crippen LogP contribution in [0.1, 0.15) is 38.2 Å². The SMILES string of the molecule is CCCCCNCCC(=O)NCCc1ccc(F)cc1. The Kier molecular flexibility index (Phi) is 8.63. The summed E-state index contributed by atoms with van der Waals surface area (Å²) in [4.78, 5) is 11.6. The fourth-order valence-electron chi connectivity index (χ4n) is 1.91. The second-order valence-electron chi connectivity index (χ2n) is 4.93. The van der Waals surface area contributed by atoms with Crippen molar-refractivity contribution in [1.82, 2.24) is 10.6 Å². The third-order valence-electron chi connectivity index (χ3n) is 3.14. The van der Waals surface area contributed by atoms with E-state index >= 15 is 0 Å². The number of nitrogens with one attached hydrogen (secondary N) is 2. The Labute approximate surface area is 121 Å². The Morgan fingerprint density at radius 2 is 1.85 bits per heavy atom. The van der Waals surface area contributed by atoms with Gasteiger partial charge in [-0.15, -0.1) is 0 Å². The molecule has 1 amide bonds. The van der Waals surface area contributed by atoms with Crippen molar-refractivity contribution >= 4 is 5.91 Å². The summed E-state index contributed by atoms with van der Waals surface area (Å²) in [6, 6.07) is 6.38. The van der Waals surface area contributed by atoms with Gasteiger partial charge in [0, 0.05) is 19.5 Å². The summed E-state index contributed by atoms with van der Waals surface area (Å²) in [7, 11) is 0. The minimum atomic E-state index is -0.230. The van der Waals surface area contributed by atoms with Crippen LogP contribution in [0.3, 0.4) is 0 Å². The Morgan fingerprint density at radius 3 is 2.55 bits per heavy atom. The number of carbonyl (C=O) groups is 1. The van der Waals surface area contributed by atoms with Gasteiger partial charge < -0.3 is 10.6 Å². The van der Waals surface area contributed by atoms with Crippen LogP contribution < -0.4 is 10.6 Å². The number of rotatable bonds is 10. The van der Waals surface area contributed by atoms with E-state index in [1.165, 1.54) is 31.4 Å². The number of carbonyl (C=O) groups excluding carboxylic acids is 1. The molecule has 4 heteroatoms. The maximum absolute atomic E-state index is 12.7. The third kappa shape index (κ3) is 7.89. The fourth-order valence-corrected chi connectivity index (χ4v) is 1.91. The lowest BCUT2D eigenvalue weighted by Crippen LogP contribution is -2.29. The molecule has 20 heavy (non-hydrogen) atoms. The van der Waals surface area contributed by atoms with Crippen molar-refractivity contribution in [2.24, 2.45) is 0 Å². The molecule has 0 unspecified atom stereocenters. The molecule has 0 radical (unpaired) electrons. The number of amides is 1. The molecule has 1 aromatic carbocycles. The molecule has 0 atom stereocenters. The highest BCUT2D eigenvalue weighted by Gasteiger charge is 2.00. The molecule has 112 valence electrons. The topological polar surface area (TPSA) is 41.1 Å². The monoisotopic (exact) mass is 280 g/mol. The van der Waals surface area contributed by atoms with Crippen molar-refractivity contribution in [3.05, 3.63) is 35.6 Å². The first-order valence-electron chi connectivity index (χ1n) is 7.44. The summed E-state index contributed by atoms with van der Waals surface area (Å²) in [5, 5.41) is 6.14. The maximum Gasteiger partial charge on any atom is 0.221 e. The molecule has 0 saturated heterocycles. The van der Waals surface area contributed by atoms with Gasteiger partial charge in [-0.2, -0.15) is 0 Å². The zero-order valence-corrected chi connectivity index (χ0v) is 12.3. The molecule has 2 N–H and O–H groups in total. The molecule has 0 spiro atoms. The van der Waals surface area contributed by atoms with Crippen molar-refractivity contribution in [2.45, 2.75) is 39.0 Å². The number of halogens is 1. The van der Waals surface area contributed by atoms with Gasteiger partial charge in [-0.1, -0.05) is 31.9 Å². The molecule has 0 bridgehead atoms.